The number of carbonyl (C=O) groups excluding carboxylic acids is 3. The van der Waals surface area contributed by atoms with Crippen LogP contribution in [-0.4, -0.2) is 35.9 Å². The largest absolute Gasteiger partial charge is 0.433 e. The quantitative estimate of drug-likeness (QED) is 0.697. The number of hydrogen-bond donors (Lipinski definition) is 2. The van der Waals surface area contributed by atoms with E-state index in [-0.39, 0.29) is 16.5 Å². The first-order chi connectivity index (χ1) is 13.7. The molecule has 1 aliphatic heterocycles. The number of halogens is 3. The van der Waals surface area contributed by atoms with Crippen LogP contribution in [0, 0.1) is 0 Å². The van der Waals surface area contributed by atoms with Crippen molar-refractivity contribution in [1.82, 2.24) is 10.2 Å². The van der Waals surface area contributed by atoms with Crippen molar-refractivity contribution in [3.8, 4) is 5.75 Å². The Kier molecular flexibility index (Phi) is 5.69. The molecule has 0 bridgehead atoms. The molecule has 0 radical (unpaired) electrons. The zero-order valence-electron chi connectivity index (χ0n) is 15.1. The minimum Gasteiger partial charge on any atom is -0.433 e. The Morgan fingerprint density at radius 3 is 2.55 bits per heavy atom. The Bertz CT molecular complexity index is 958. The Balaban J connectivity index is 1.69. The molecule has 1 unspecified atom stereocenters. The number of amides is 4. The number of anilines is 1. The summed E-state index contributed by atoms with van der Waals surface area (Å²) < 4.78 is 28.8. The first-order valence-electron chi connectivity index (χ1n) is 8.44. The number of benzene rings is 2. The van der Waals surface area contributed by atoms with Crippen LogP contribution in [0.1, 0.15) is 12.5 Å². The maximum absolute atomic E-state index is 12.8. The third kappa shape index (κ3) is 4.29. The number of nitrogens with one attached hydrogen (secondary N) is 2. The number of hydrogen-bond acceptors (Lipinski definition) is 4. The number of imide groups is 1. The van der Waals surface area contributed by atoms with Crippen molar-refractivity contribution >= 4 is 35.1 Å². The molecule has 152 valence electrons. The van der Waals surface area contributed by atoms with Gasteiger partial charge in [-0.2, -0.15) is 8.78 Å². The van der Waals surface area contributed by atoms with Crippen molar-refractivity contribution in [3.63, 3.8) is 0 Å². The van der Waals surface area contributed by atoms with Crippen LogP contribution in [0.15, 0.2) is 48.5 Å². The van der Waals surface area contributed by atoms with E-state index in [0.29, 0.717) is 5.56 Å². The van der Waals surface area contributed by atoms with Gasteiger partial charge in [-0.3, -0.25) is 14.5 Å². The molecule has 1 saturated heterocycles. The number of urea groups is 1. The topological polar surface area (TPSA) is 87.7 Å². The van der Waals surface area contributed by atoms with Gasteiger partial charge in [-0.05, 0) is 30.7 Å². The number of rotatable bonds is 6. The van der Waals surface area contributed by atoms with Gasteiger partial charge in [0.25, 0.3) is 5.91 Å². The molecule has 2 N–H and O–H groups in total. The lowest BCUT2D eigenvalue weighted by Crippen LogP contribution is -2.42. The molecule has 1 atom stereocenters. The predicted molar refractivity (Wildman–Crippen MR) is 101 cm³/mol. The number of carbonyl (C=O) groups is 3. The standard InChI is InChI=1S/C19H16ClF2N3O4/c1-19(11-5-3-2-4-6-11)16(27)25(18(28)24-19)10-15(26)23-12-7-8-14(13(20)9-12)29-17(21)22/h2-9,17H,10H2,1H3,(H,23,26)(H,24,28). The molecule has 1 fully saturated rings. The molecule has 0 aromatic heterocycles. The van der Waals surface area contributed by atoms with E-state index in [1.807, 2.05) is 0 Å². The van der Waals surface area contributed by atoms with Crippen molar-refractivity contribution < 1.29 is 27.9 Å². The highest BCUT2D eigenvalue weighted by Gasteiger charge is 2.49. The molecule has 4 amide bonds. The van der Waals surface area contributed by atoms with Gasteiger partial charge in [0.05, 0.1) is 5.02 Å². The Morgan fingerprint density at radius 2 is 1.93 bits per heavy atom. The summed E-state index contributed by atoms with van der Waals surface area (Å²) in [6, 6.07) is 11.7. The molecule has 10 heteroatoms. The monoisotopic (exact) mass is 423 g/mol. The van der Waals surface area contributed by atoms with Crippen LogP contribution in [0.3, 0.4) is 0 Å². The second-order valence-corrected chi connectivity index (χ2v) is 6.79. The molecule has 0 aliphatic carbocycles. The first kappa shape index (κ1) is 20.5. The van der Waals surface area contributed by atoms with E-state index in [9.17, 15) is 23.2 Å². The fourth-order valence-electron chi connectivity index (χ4n) is 2.92. The molecule has 1 heterocycles. The third-order valence-corrected chi connectivity index (χ3v) is 4.65. The van der Waals surface area contributed by atoms with Gasteiger partial charge < -0.3 is 15.4 Å². The van der Waals surface area contributed by atoms with Crippen molar-refractivity contribution in [3.05, 3.63) is 59.1 Å². The summed E-state index contributed by atoms with van der Waals surface area (Å²) in [5.74, 6) is -1.47. The maximum atomic E-state index is 12.8. The molecule has 7 nitrogen and oxygen atoms in total. The predicted octanol–water partition coefficient (Wildman–Crippen LogP) is 3.35. The fraction of sp³-hybridized carbons (Fsp3) is 0.211. The highest BCUT2D eigenvalue weighted by Crippen LogP contribution is 2.30. The van der Waals surface area contributed by atoms with Crippen LogP contribution in [0.2, 0.25) is 5.02 Å². The van der Waals surface area contributed by atoms with Crippen LogP contribution < -0.4 is 15.4 Å². The summed E-state index contributed by atoms with van der Waals surface area (Å²) in [5.41, 5.74) is -0.502. The van der Waals surface area contributed by atoms with Crippen molar-refractivity contribution in [1.29, 1.82) is 0 Å². The van der Waals surface area contributed by atoms with E-state index in [0.717, 1.165) is 4.90 Å². The summed E-state index contributed by atoms with van der Waals surface area (Å²) in [7, 11) is 0. The van der Waals surface area contributed by atoms with Crippen molar-refractivity contribution in [2.75, 3.05) is 11.9 Å². The van der Waals surface area contributed by atoms with Crippen LogP contribution in [0.25, 0.3) is 0 Å². The van der Waals surface area contributed by atoms with Gasteiger partial charge in [-0.1, -0.05) is 41.9 Å². The molecule has 2 aromatic carbocycles. The second-order valence-electron chi connectivity index (χ2n) is 6.38. The lowest BCUT2D eigenvalue weighted by Gasteiger charge is -2.22. The third-order valence-electron chi connectivity index (χ3n) is 4.36. The molecule has 29 heavy (non-hydrogen) atoms. The summed E-state index contributed by atoms with van der Waals surface area (Å²) in [4.78, 5) is 38.2. The summed E-state index contributed by atoms with van der Waals surface area (Å²) in [5, 5.41) is 4.93. The van der Waals surface area contributed by atoms with Crippen LogP contribution in [0.4, 0.5) is 19.3 Å². The summed E-state index contributed by atoms with van der Waals surface area (Å²) >= 11 is 5.84. The SMILES string of the molecule is CC1(c2ccccc2)NC(=O)N(CC(=O)Nc2ccc(OC(F)F)c(Cl)c2)C1=O. The molecular weight excluding hydrogens is 408 g/mol. The highest BCUT2D eigenvalue weighted by atomic mass is 35.5. The average Bonchev–Trinajstić information content (AvgIpc) is 2.88. The van der Waals surface area contributed by atoms with E-state index in [2.05, 4.69) is 15.4 Å². The molecule has 3 rings (SSSR count). The van der Waals surface area contributed by atoms with E-state index in [4.69, 9.17) is 11.6 Å². The zero-order valence-corrected chi connectivity index (χ0v) is 15.9. The molecule has 1 aliphatic rings. The van der Waals surface area contributed by atoms with Crippen LogP contribution in [-0.2, 0) is 15.1 Å². The summed E-state index contributed by atoms with van der Waals surface area (Å²) in [6.07, 6.45) is 0. The second kappa shape index (κ2) is 8.04. The van der Waals surface area contributed by atoms with Gasteiger partial charge in [-0.25, -0.2) is 4.79 Å². The highest BCUT2D eigenvalue weighted by molar-refractivity contribution is 6.32. The normalized spacial score (nSPS) is 18.7. The minimum absolute atomic E-state index is 0.130. The molecule has 0 spiro atoms. The Morgan fingerprint density at radius 1 is 1.24 bits per heavy atom. The van der Waals surface area contributed by atoms with Crippen LogP contribution >= 0.6 is 11.6 Å². The van der Waals surface area contributed by atoms with Gasteiger partial charge in [-0.15, -0.1) is 0 Å². The zero-order chi connectivity index (χ0) is 21.2. The number of alkyl halides is 2. The lowest BCUT2D eigenvalue weighted by molar-refractivity contribution is -0.133. The minimum atomic E-state index is -3.04. The number of ether oxygens (including phenoxy) is 1. The van der Waals surface area contributed by atoms with E-state index in [1.165, 1.54) is 18.2 Å². The lowest BCUT2D eigenvalue weighted by atomic mass is 9.92. The van der Waals surface area contributed by atoms with Crippen LogP contribution in [0.5, 0.6) is 5.75 Å². The van der Waals surface area contributed by atoms with E-state index < -0.39 is 36.5 Å². The maximum Gasteiger partial charge on any atom is 0.387 e. The molecular formula is C19H16ClF2N3O4. The van der Waals surface area contributed by atoms with Gasteiger partial charge in [0.2, 0.25) is 5.91 Å². The van der Waals surface area contributed by atoms with Gasteiger partial charge in [0.15, 0.2) is 0 Å². The van der Waals surface area contributed by atoms with E-state index in [1.54, 1.807) is 37.3 Å². The summed E-state index contributed by atoms with van der Waals surface area (Å²) in [6.45, 7) is -2.01. The Labute approximate surface area is 169 Å². The van der Waals surface area contributed by atoms with Crippen molar-refractivity contribution in [2.24, 2.45) is 0 Å². The molecule has 0 saturated carbocycles. The molecule has 2 aromatic rings. The average molecular weight is 424 g/mol. The first-order valence-corrected chi connectivity index (χ1v) is 8.82. The number of nitrogens with zero attached hydrogens (tertiary/aromatic N) is 1. The van der Waals surface area contributed by atoms with Crippen molar-refractivity contribution in [2.45, 2.75) is 19.1 Å². The van der Waals surface area contributed by atoms with Gasteiger partial charge >= 0.3 is 12.6 Å². The fourth-order valence-corrected chi connectivity index (χ4v) is 3.15. The van der Waals surface area contributed by atoms with E-state index >= 15 is 0 Å². The van der Waals surface area contributed by atoms with Gasteiger partial charge in [0, 0.05) is 5.69 Å². The van der Waals surface area contributed by atoms with Gasteiger partial charge in [0.1, 0.15) is 17.8 Å². The Hall–Kier alpha value is -3.20. The smallest absolute Gasteiger partial charge is 0.387 e.